The summed E-state index contributed by atoms with van der Waals surface area (Å²) in [5.74, 6) is 1.51. The number of carbonyl (C=O) groups is 1. The fraction of sp³-hybridized carbons (Fsp3) is 0.909. The summed E-state index contributed by atoms with van der Waals surface area (Å²) in [5.41, 5.74) is 0. The van der Waals surface area contributed by atoms with Gasteiger partial charge in [0.05, 0.1) is 6.10 Å². The van der Waals surface area contributed by atoms with E-state index in [1.807, 2.05) is 0 Å². The third-order valence-electron chi connectivity index (χ3n) is 2.88. The van der Waals surface area contributed by atoms with Crippen molar-refractivity contribution in [1.82, 2.24) is 0 Å². The Hall–Kier alpha value is -0.370. The molecule has 2 nitrogen and oxygen atoms in total. The maximum Gasteiger partial charge on any atom is 0.155 e. The number of Topliss-reactive ketones (excluding diaryl/α,β-unsaturated/α-hetero) is 1. The second kappa shape index (κ2) is 4.75. The van der Waals surface area contributed by atoms with Crippen LogP contribution in [0, 0.1) is 11.8 Å². The molecule has 0 bridgehead atoms. The van der Waals surface area contributed by atoms with Gasteiger partial charge in [-0.1, -0.05) is 20.3 Å². The van der Waals surface area contributed by atoms with Crippen molar-refractivity contribution in [2.45, 2.75) is 46.1 Å². The summed E-state index contributed by atoms with van der Waals surface area (Å²) in [6, 6.07) is 0. The minimum absolute atomic E-state index is 0.130. The van der Waals surface area contributed by atoms with Gasteiger partial charge in [0.15, 0.2) is 5.78 Å². The molecule has 0 aromatic heterocycles. The van der Waals surface area contributed by atoms with E-state index in [9.17, 15) is 4.79 Å². The lowest BCUT2D eigenvalue weighted by atomic mass is 9.82. The van der Waals surface area contributed by atoms with Crippen molar-refractivity contribution >= 4 is 5.78 Å². The number of ether oxygens (including phenoxy) is 1. The van der Waals surface area contributed by atoms with Crippen LogP contribution < -0.4 is 0 Å². The molecule has 1 rings (SSSR count). The highest BCUT2D eigenvalue weighted by atomic mass is 16.5. The quantitative estimate of drug-likeness (QED) is 0.673. The van der Waals surface area contributed by atoms with Crippen LogP contribution in [0.15, 0.2) is 0 Å². The largest absolute Gasteiger partial charge is 0.370 e. The number of ketones is 1. The highest BCUT2D eigenvalue weighted by Crippen LogP contribution is 2.30. The Morgan fingerprint density at radius 1 is 1.38 bits per heavy atom. The van der Waals surface area contributed by atoms with E-state index in [1.54, 1.807) is 6.92 Å². The molecular formula is C11H20O2. The van der Waals surface area contributed by atoms with Crippen molar-refractivity contribution in [3.05, 3.63) is 0 Å². The van der Waals surface area contributed by atoms with Crippen molar-refractivity contribution in [2.24, 2.45) is 11.8 Å². The Balaban J connectivity index is 2.33. The van der Waals surface area contributed by atoms with Gasteiger partial charge in [-0.25, -0.2) is 0 Å². The molecule has 0 saturated heterocycles. The molecule has 1 aliphatic rings. The summed E-state index contributed by atoms with van der Waals surface area (Å²) in [4.78, 5) is 10.7. The Morgan fingerprint density at radius 3 is 2.69 bits per heavy atom. The molecule has 0 aromatic carbocycles. The molecule has 0 N–H and O–H groups in total. The van der Waals surface area contributed by atoms with Crippen LogP contribution in [0.2, 0.25) is 0 Å². The monoisotopic (exact) mass is 184 g/mol. The van der Waals surface area contributed by atoms with E-state index in [2.05, 4.69) is 13.8 Å². The fourth-order valence-corrected chi connectivity index (χ4v) is 1.94. The van der Waals surface area contributed by atoms with Gasteiger partial charge in [-0.2, -0.15) is 0 Å². The van der Waals surface area contributed by atoms with E-state index in [0.29, 0.717) is 18.6 Å². The van der Waals surface area contributed by atoms with Crippen molar-refractivity contribution < 1.29 is 9.53 Å². The third-order valence-corrected chi connectivity index (χ3v) is 2.88. The first-order chi connectivity index (χ1) is 6.09. The molecule has 3 atom stereocenters. The van der Waals surface area contributed by atoms with Gasteiger partial charge >= 0.3 is 0 Å². The molecule has 0 spiro atoms. The molecule has 13 heavy (non-hydrogen) atoms. The summed E-state index contributed by atoms with van der Waals surface area (Å²) in [6.45, 7) is 6.35. The summed E-state index contributed by atoms with van der Waals surface area (Å²) in [6.07, 6.45) is 3.98. The number of hydrogen-bond acceptors (Lipinski definition) is 2. The van der Waals surface area contributed by atoms with Gasteiger partial charge in [0.1, 0.15) is 6.61 Å². The van der Waals surface area contributed by atoms with Gasteiger partial charge in [0.25, 0.3) is 0 Å². The second-order valence-electron chi connectivity index (χ2n) is 4.45. The Bertz CT molecular complexity index is 177. The van der Waals surface area contributed by atoms with Gasteiger partial charge < -0.3 is 4.74 Å². The highest BCUT2D eigenvalue weighted by molar-refractivity contribution is 5.76. The molecule has 0 heterocycles. The molecular weight excluding hydrogens is 164 g/mol. The van der Waals surface area contributed by atoms with Crippen LogP contribution in [0.5, 0.6) is 0 Å². The Kier molecular flexibility index (Phi) is 3.91. The summed E-state index contributed by atoms with van der Waals surface area (Å²) >= 11 is 0. The lowest BCUT2D eigenvalue weighted by molar-refractivity contribution is -0.125. The van der Waals surface area contributed by atoms with Crippen LogP contribution >= 0.6 is 0 Å². The number of carbonyl (C=O) groups excluding carboxylic acids is 1. The van der Waals surface area contributed by atoms with E-state index >= 15 is 0 Å². The predicted molar refractivity (Wildman–Crippen MR) is 52.6 cm³/mol. The predicted octanol–water partition coefficient (Wildman–Crippen LogP) is 2.42. The molecule has 76 valence electrons. The smallest absolute Gasteiger partial charge is 0.155 e. The van der Waals surface area contributed by atoms with Crippen LogP contribution in [-0.2, 0) is 9.53 Å². The molecule has 1 saturated carbocycles. The Morgan fingerprint density at radius 2 is 2.08 bits per heavy atom. The number of hydrogen-bond donors (Lipinski definition) is 0. The standard InChI is InChI=1S/C11H20O2/c1-8-4-5-9(2)11(6-8)13-7-10(3)12/h8-9,11H,4-7H2,1-3H3. The van der Waals surface area contributed by atoms with Gasteiger partial charge in [-0.3, -0.25) is 4.79 Å². The first kappa shape index (κ1) is 10.7. The van der Waals surface area contributed by atoms with Gasteiger partial charge in [-0.05, 0) is 31.6 Å². The summed E-state index contributed by atoms with van der Waals surface area (Å²) in [7, 11) is 0. The summed E-state index contributed by atoms with van der Waals surface area (Å²) < 4.78 is 5.58. The van der Waals surface area contributed by atoms with Crippen molar-refractivity contribution in [2.75, 3.05) is 6.61 Å². The van der Waals surface area contributed by atoms with Crippen molar-refractivity contribution in [3.8, 4) is 0 Å². The zero-order valence-electron chi connectivity index (χ0n) is 8.88. The fourth-order valence-electron chi connectivity index (χ4n) is 1.94. The van der Waals surface area contributed by atoms with E-state index in [1.165, 1.54) is 12.8 Å². The average Bonchev–Trinajstić information content (AvgIpc) is 2.06. The zero-order valence-corrected chi connectivity index (χ0v) is 8.88. The lowest BCUT2D eigenvalue weighted by Gasteiger charge is -2.32. The van der Waals surface area contributed by atoms with E-state index < -0.39 is 0 Å². The van der Waals surface area contributed by atoms with Crippen LogP contribution in [0.4, 0.5) is 0 Å². The molecule has 0 amide bonds. The van der Waals surface area contributed by atoms with Crippen LogP contribution in [0.25, 0.3) is 0 Å². The first-order valence-corrected chi connectivity index (χ1v) is 5.20. The van der Waals surface area contributed by atoms with Gasteiger partial charge in [0.2, 0.25) is 0 Å². The minimum Gasteiger partial charge on any atom is -0.370 e. The maximum absolute atomic E-state index is 10.7. The van der Waals surface area contributed by atoms with E-state index in [-0.39, 0.29) is 5.78 Å². The van der Waals surface area contributed by atoms with Crippen LogP contribution in [0.3, 0.4) is 0 Å². The molecule has 0 aromatic rings. The van der Waals surface area contributed by atoms with Crippen LogP contribution in [0.1, 0.15) is 40.0 Å². The molecule has 0 aliphatic heterocycles. The van der Waals surface area contributed by atoms with Gasteiger partial charge in [0, 0.05) is 0 Å². The topological polar surface area (TPSA) is 26.3 Å². The van der Waals surface area contributed by atoms with Crippen molar-refractivity contribution in [3.63, 3.8) is 0 Å². The minimum atomic E-state index is 0.130. The lowest BCUT2D eigenvalue weighted by Crippen LogP contribution is -2.30. The van der Waals surface area contributed by atoms with Crippen molar-refractivity contribution in [1.29, 1.82) is 0 Å². The van der Waals surface area contributed by atoms with Gasteiger partial charge in [-0.15, -0.1) is 0 Å². The first-order valence-electron chi connectivity index (χ1n) is 5.20. The third kappa shape index (κ3) is 3.47. The average molecular weight is 184 g/mol. The highest BCUT2D eigenvalue weighted by Gasteiger charge is 2.26. The van der Waals surface area contributed by atoms with E-state index in [0.717, 1.165) is 12.3 Å². The molecule has 1 fully saturated rings. The van der Waals surface area contributed by atoms with E-state index in [4.69, 9.17) is 4.74 Å². The molecule has 1 aliphatic carbocycles. The molecule has 2 heteroatoms. The molecule has 0 radical (unpaired) electrons. The maximum atomic E-state index is 10.7. The molecule has 3 unspecified atom stereocenters. The Labute approximate surface area is 80.7 Å². The van der Waals surface area contributed by atoms with Crippen LogP contribution in [-0.4, -0.2) is 18.5 Å². The second-order valence-corrected chi connectivity index (χ2v) is 4.45. The number of rotatable bonds is 3. The SMILES string of the molecule is CC(=O)COC1CC(C)CCC1C. The summed E-state index contributed by atoms with van der Waals surface area (Å²) in [5, 5.41) is 0. The zero-order chi connectivity index (χ0) is 9.84. The normalized spacial score (nSPS) is 34.5.